The fourth-order valence-electron chi connectivity index (χ4n) is 2.50. The van der Waals surface area contributed by atoms with Crippen LogP contribution in [0.25, 0.3) is 5.57 Å². The molecule has 2 aromatic rings. The molecule has 28 heavy (non-hydrogen) atoms. The standard InChI is InChI=1S/C18H18FN3O4S2/c1-12(8-9-27-18(20)21)14-10-13(6-7-15(14)19)11-28(25,26)17-5-3-2-4-16(17)22(23)24/h2-8,10H,9,11H2,1H3,(H3,20,21)/b12-8+. The SMILES string of the molecule is C/C(=C\CSC(=N)N)c1cc(CS(=O)(=O)c2ccccc2[N+](=O)[O-])ccc1F. The van der Waals surface area contributed by atoms with Crippen LogP contribution in [0, 0.1) is 21.3 Å². The number of rotatable bonds is 7. The van der Waals surface area contributed by atoms with E-state index in [0.29, 0.717) is 16.9 Å². The fourth-order valence-corrected chi connectivity index (χ4v) is 4.53. The third kappa shape index (κ3) is 5.40. The Morgan fingerprint density at radius 1 is 1.32 bits per heavy atom. The highest BCUT2D eigenvalue weighted by atomic mass is 32.2. The number of sulfone groups is 1. The fraction of sp³-hybridized carbons (Fsp3) is 0.167. The normalized spacial score (nSPS) is 12.0. The smallest absolute Gasteiger partial charge is 0.287 e. The second kappa shape index (κ2) is 8.98. The van der Waals surface area contributed by atoms with Crippen molar-refractivity contribution in [3.8, 4) is 0 Å². The molecule has 2 aromatic carbocycles. The summed E-state index contributed by atoms with van der Waals surface area (Å²) in [6.45, 7) is 1.67. The number of nitrogens with one attached hydrogen (secondary N) is 1. The third-order valence-corrected chi connectivity index (χ3v) is 6.21. The van der Waals surface area contributed by atoms with Crippen molar-refractivity contribution in [2.75, 3.05) is 5.75 Å². The molecule has 0 unspecified atom stereocenters. The molecule has 0 radical (unpaired) electrons. The van der Waals surface area contributed by atoms with Crippen LogP contribution in [0.4, 0.5) is 10.1 Å². The molecule has 3 N–H and O–H groups in total. The van der Waals surface area contributed by atoms with Crippen LogP contribution in [0.3, 0.4) is 0 Å². The van der Waals surface area contributed by atoms with Crippen LogP contribution in [-0.4, -0.2) is 24.3 Å². The van der Waals surface area contributed by atoms with E-state index in [9.17, 15) is 22.9 Å². The van der Waals surface area contributed by atoms with Gasteiger partial charge in [0.15, 0.2) is 15.0 Å². The Kier molecular flexibility index (Phi) is 6.92. The van der Waals surface area contributed by atoms with Crippen molar-refractivity contribution in [3.63, 3.8) is 0 Å². The van der Waals surface area contributed by atoms with E-state index in [-0.39, 0.29) is 15.6 Å². The number of para-hydroxylation sites is 1. The molecule has 0 saturated carbocycles. The molecule has 0 aliphatic heterocycles. The monoisotopic (exact) mass is 423 g/mol. The maximum absolute atomic E-state index is 14.2. The summed E-state index contributed by atoms with van der Waals surface area (Å²) in [5.41, 5.74) is 5.85. The van der Waals surface area contributed by atoms with Crippen molar-refractivity contribution >= 4 is 38.0 Å². The van der Waals surface area contributed by atoms with E-state index in [2.05, 4.69) is 0 Å². The van der Waals surface area contributed by atoms with Gasteiger partial charge in [-0.25, -0.2) is 12.8 Å². The Labute approximate surface area is 166 Å². The Morgan fingerprint density at radius 3 is 2.64 bits per heavy atom. The second-order valence-corrected chi connectivity index (χ2v) is 8.88. The van der Waals surface area contributed by atoms with Crippen LogP contribution in [0.2, 0.25) is 0 Å². The van der Waals surface area contributed by atoms with Crippen LogP contribution in [0.1, 0.15) is 18.1 Å². The average Bonchev–Trinajstić information content (AvgIpc) is 2.62. The Morgan fingerprint density at radius 2 is 2.00 bits per heavy atom. The first-order chi connectivity index (χ1) is 13.1. The van der Waals surface area contributed by atoms with Gasteiger partial charge < -0.3 is 5.73 Å². The minimum absolute atomic E-state index is 0.0613. The van der Waals surface area contributed by atoms with E-state index in [1.165, 1.54) is 30.3 Å². The van der Waals surface area contributed by atoms with Gasteiger partial charge in [-0.3, -0.25) is 15.5 Å². The van der Waals surface area contributed by atoms with Crippen LogP contribution in [0.5, 0.6) is 0 Å². The number of nitro benzene ring substituents is 1. The first kappa shape index (κ1) is 21.6. The molecule has 0 amide bonds. The predicted molar refractivity (Wildman–Crippen MR) is 108 cm³/mol. The van der Waals surface area contributed by atoms with Crippen molar-refractivity contribution in [1.29, 1.82) is 5.41 Å². The summed E-state index contributed by atoms with van der Waals surface area (Å²) in [5.74, 6) is -0.645. The van der Waals surface area contributed by atoms with Crippen molar-refractivity contribution in [1.82, 2.24) is 0 Å². The molecule has 0 aliphatic carbocycles. The largest absolute Gasteiger partial charge is 0.379 e. The minimum atomic E-state index is -4.00. The predicted octanol–water partition coefficient (Wildman–Crippen LogP) is 3.74. The van der Waals surface area contributed by atoms with Gasteiger partial charge >= 0.3 is 0 Å². The summed E-state index contributed by atoms with van der Waals surface area (Å²) in [5, 5.41) is 18.2. The highest BCUT2D eigenvalue weighted by Crippen LogP contribution is 2.28. The molecule has 148 valence electrons. The summed E-state index contributed by atoms with van der Waals surface area (Å²) >= 11 is 1.08. The van der Waals surface area contributed by atoms with Gasteiger partial charge in [-0.15, -0.1) is 0 Å². The molecule has 0 aliphatic rings. The first-order valence-electron chi connectivity index (χ1n) is 8.00. The van der Waals surface area contributed by atoms with E-state index in [0.717, 1.165) is 23.9 Å². The van der Waals surface area contributed by atoms with Crippen molar-refractivity contribution in [2.24, 2.45) is 5.73 Å². The Bertz CT molecular complexity index is 1050. The van der Waals surface area contributed by atoms with Gasteiger partial charge in [0.25, 0.3) is 5.69 Å². The van der Waals surface area contributed by atoms with Crippen molar-refractivity contribution in [2.45, 2.75) is 17.6 Å². The zero-order valence-corrected chi connectivity index (χ0v) is 16.5. The number of amidine groups is 1. The lowest BCUT2D eigenvalue weighted by Crippen LogP contribution is -2.08. The first-order valence-corrected chi connectivity index (χ1v) is 10.6. The summed E-state index contributed by atoms with van der Waals surface area (Å²) in [7, 11) is -4.00. The Balaban J connectivity index is 2.35. The lowest BCUT2D eigenvalue weighted by atomic mass is 10.0. The van der Waals surface area contributed by atoms with Gasteiger partial charge in [0.05, 0.1) is 10.7 Å². The van der Waals surface area contributed by atoms with Gasteiger partial charge in [-0.2, -0.15) is 0 Å². The quantitative estimate of drug-likeness (QED) is 0.302. The molecule has 0 spiro atoms. The molecule has 0 atom stereocenters. The molecule has 0 fully saturated rings. The third-order valence-electron chi connectivity index (χ3n) is 3.84. The van der Waals surface area contributed by atoms with Crippen molar-refractivity contribution in [3.05, 3.63) is 75.6 Å². The van der Waals surface area contributed by atoms with E-state index >= 15 is 0 Å². The average molecular weight is 423 g/mol. The number of nitrogens with two attached hydrogens (primary N) is 1. The lowest BCUT2D eigenvalue weighted by molar-refractivity contribution is -0.387. The van der Waals surface area contributed by atoms with Crippen LogP contribution >= 0.6 is 11.8 Å². The molecular formula is C18H18FN3O4S2. The van der Waals surface area contributed by atoms with E-state index in [1.54, 1.807) is 13.0 Å². The van der Waals surface area contributed by atoms with Gasteiger partial charge in [0, 0.05) is 17.4 Å². The Hall–Kier alpha value is -2.72. The number of hydrogen-bond acceptors (Lipinski definition) is 6. The van der Waals surface area contributed by atoms with Gasteiger partial charge in [-0.05, 0) is 36.3 Å². The van der Waals surface area contributed by atoms with E-state index in [4.69, 9.17) is 11.1 Å². The topological polar surface area (TPSA) is 127 Å². The van der Waals surface area contributed by atoms with Crippen molar-refractivity contribution < 1.29 is 17.7 Å². The molecular weight excluding hydrogens is 405 g/mol. The summed E-state index contributed by atoms with van der Waals surface area (Å²) in [6, 6.07) is 9.02. The molecule has 0 aromatic heterocycles. The zero-order chi connectivity index (χ0) is 20.9. The number of benzene rings is 2. The molecule has 0 heterocycles. The van der Waals surface area contributed by atoms with Crippen LogP contribution in [0.15, 0.2) is 53.4 Å². The summed E-state index contributed by atoms with van der Waals surface area (Å²) < 4.78 is 39.6. The highest BCUT2D eigenvalue weighted by Gasteiger charge is 2.25. The molecule has 10 heteroatoms. The summed E-state index contributed by atoms with van der Waals surface area (Å²) in [4.78, 5) is 9.99. The maximum atomic E-state index is 14.2. The summed E-state index contributed by atoms with van der Waals surface area (Å²) in [6.07, 6.45) is 1.69. The number of allylic oxidation sites excluding steroid dienone is 1. The number of hydrogen-bond donors (Lipinski definition) is 2. The van der Waals surface area contributed by atoms with E-state index < -0.39 is 32.0 Å². The van der Waals surface area contributed by atoms with Crippen LogP contribution < -0.4 is 5.73 Å². The van der Waals surface area contributed by atoms with Gasteiger partial charge in [0.2, 0.25) is 0 Å². The van der Waals surface area contributed by atoms with Crippen LogP contribution in [-0.2, 0) is 15.6 Å². The number of halogens is 1. The lowest BCUT2D eigenvalue weighted by Gasteiger charge is -2.09. The molecule has 0 bridgehead atoms. The second-order valence-electron chi connectivity index (χ2n) is 5.86. The van der Waals surface area contributed by atoms with E-state index in [1.807, 2.05) is 0 Å². The highest BCUT2D eigenvalue weighted by molar-refractivity contribution is 8.13. The van der Waals surface area contributed by atoms with Gasteiger partial charge in [-0.1, -0.05) is 36.0 Å². The minimum Gasteiger partial charge on any atom is -0.379 e. The molecule has 7 nitrogen and oxygen atoms in total. The molecule has 2 rings (SSSR count). The molecule has 0 saturated heterocycles. The number of thioether (sulfide) groups is 1. The zero-order valence-electron chi connectivity index (χ0n) is 14.9. The maximum Gasteiger partial charge on any atom is 0.287 e. The van der Waals surface area contributed by atoms with Gasteiger partial charge in [0.1, 0.15) is 10.7 Å². The number of nitrogens with zero attached hydrogens (tertiary/aromatic N) is 1. The number of nitro groups is 1.